The molecule has 0 unspecified atom stereocenters. The zero-order chi connectivity index (χ0) is 22.2. The number of hydrogen-bond donors (Lipinski definition) is 2. The van der Waals surface area contributed by atoms with Gasteiger partial charge in [0.15, 0.2) is 0 Å². The van der Waals surface area contributed by atoms with E-state index in [-0.39, 0.29) is 5.82 Å². The fourth-order valence-corrected chi connectivity index (χ4v) is 4.02. The second-order valence-electron chi connectivity index (χ2n) is 7.78. The Kier molecular flexibility index (Phi) is 4.82. The van der Waals surface area contributed by atoms with Gasteiger partial charge in [-0.15, -0.1) is 0 Å². The molecule has 0 aliphatic rings. The first-order valence-electron chi connectivity index (χ1n) is 10.3. The molecule has 32 heavy (non-hydrogen) atoms. The van der Waals surface area contributed by atoms with Gasteiger partial charge in [0.1, 0.15) is 11.5 Å². The van der Waals surface area contributed by atoms with Crippen molar-refractivity contribution in [1.82, 2.24) is 25.0 Å². The number of fused-ring (bicyclic) bond motifs is 1. The number of aryl methyl sites for hydroxylation is 2. The summed E-state index contributed by atoms with van der Waals surface area (Å²) >= 11 is 0. The first-order chi connectivity index (χ1) is 15.5. The van der Waals surface area contributed by atoms with Gasteiger partial charge in [-0.3, -0.25) is 9.78 Å². The van der Waals surface area contributed by atoms with Crippen LogP contribution in [0.4, 0.5) is 4.39 Å². The number of rotatable bonds is 5. The molecular weight excluding hydrogens is 401 g/mol. The number of hydrogen-bond acceptors (Lipinski definition) is 2. The van der Waals surface area contributed by atoms with Crippen molar-refractivity contribution in [3.8, 4) is 22.5 Å². The summed E-state index contributed by atoms with van der Waals surface area (Å²) in [7, 11) is 1.91. The van der Waals surface area contributed by atoms with Crippen molar-refractivity contribution < 1.29 is 4.39 Å². The first-order valence-corrected chi connectivity index (χ1v) is 10.3. The summed E-state index contributed by atoms with van der Waals surface area (Å²) in [6.07, 6.45) is 7.53. The SMILES string of the molecule is C=C/C=C(/c1ccc(F)cc1)c1cc(-c2n[nH]c3ccc(-c4cnn(C)c4)cc23)[nH]c1C. The maximum absolute atomic E-state index is 13.4. The van der Waals surface area contributed by atoms with Gasteiger partial charge in [-0.2, -0.15) is 10.2 Å². The van der Waals surface area contributed by atoms with Crippen molar-refractivity contribution in [3.05, 3.63) is 102 Å². The third kappa shape index (κ3) is 3.46. The van der Waals surface area contributed by atoms with Gasteiger partial charge in [0.05, 0.1) is 17.4 Å². The third-order valence-corrected chi connectivity index (χ3v) is 5.60. The van der Waals surface area contributed by atoms with Crippen LogP contribution >= 0.6 is 0 Å². The molecule has 0 aliphatic heterocycles. The van der Waals surface area contributed by atoms with E-state index in [1.54, 1.807) is 22.9 Å². The van der Waals surface area contributed by atoms with Crippen LogP contribution in [-0.4, -0.2) is 25.0 Å². The Labute approximate surface area is 184 Å². The largest absolute Gasteiger partial charge is 0.357 e. The highest BCUT2D eigenvalue weighted by atomic mass is 19.1. The fourth-order valence-electron chi connectivity index (χ4n) is 4.02. The van der Waals surface area contributed by atoms with E-state index in [1.807, 2.05) is 38.5 Å². The fraction of sp³-hybridized carbons (Fsp3) is 0.0769. The van der Waals surface area contributed by atoms with Gasteiger partial charge in [-0.1, -0.05) is 36.9 Å². The van der Waals surface area contributed by atoms with E-state index in [2.05, 4.69) is 45.1 Å². The van der Waals surface area contributed by atoms with Crippen LogP contribution in [0, 0.1) is 12.7 Å². The van der Waals surface area contributed by atoms with Gasteiger partial charge in [-0.05, 0) is 54.0 Å². The third-order valence-electron chi connectivity index (χ3n) is 5.60. The Hall–Kier alpha value is -4.19. The monoisotopic (exact) mass is 423 g/mol. The summed E-state index contributed by atoms with van der Waals surface area (Å²) in [6.45, 7) is 5.87. The standard InChI is InChI=1S/C26H22FN5/c1-4-5-21(17-6-9-20(27)10-7-17)22-13-25(29-16(22)2)26-23-12-18(8-11-24(23)30-31-26)19-14-28-32(3)15-19/h4-15,29H,1H2,2-3H3,(H,30,31)/b21-5-. The summed E-state index contributed by atoms with van der Waals surface area (Å²) in [4.78, 5) is 3.47. The number of benzene rings is 2. The molecule has 0 spiro atoms. The number of aromatic amines is 2. The molecular formula is C26H22FN5. The zero-order valence-corrected chi connectivity index (χ0v) is 17.9. The van der Waals surface area contributed by atoms with Crippen LogP contribution in [0.15, 0.2) is 79.7 Å². The van der Waals surface area contributed by atoms with E-state index in [4.69, 9.17) is 0 Å². The summed E-state index contributed by atoms with van der Waals surface area (Å²) in [5.41, 5.74) is 8.75. The van der Waals surface area contributed by atoms with Crippen molar-refractivity contribution in [3.63, 3.8) is 0 Å². The predicted octanol–water partition coefficient (Wildman–Crippen LogP) is 6.02. The summed E-state index contributed by atoms with van der Waals surface area (Å²) < 4.78 is 15.2. The molecule has 158 valence electrons. The second kappa shape index (κ2) is 7.81. The van der Waals surface area contributed by atoms with E-state index in [0.29, 0.717) is 0 Å². The smallest absolute Gasteiger partial charge is 0.123 e. The van der Waals surface area contributed by atoms with Gasteiger partial charge in [0.2, 0.25) is 0 Å². The molecule has 0 aliphatic carbocycles. The van der Waals surface area contributed by atoms with E-state index in [1.165, 1.54) is 12.1 Å². The topological polar surface area (TPSA) is 62.3 Å². The summed E-state index contributed by atoms with van der Waals surface area (Å²) in [6, 6.07) is 14.8. The van der Waals surface area contributed by atoms with Crippen LogP contribution < -0.4 is 0 Å². The highest BCUT2D eigenvalue weighted by Crippen LogP contribution is 2.34. The molecule has 3 heterocycles. The molecule has 0 amide bonds. The lowest BCUT2D eigenvalue weighted by atomic mass is 9.97. The average molecular weight is 423 g/mol. The summed E-state index contributed by atoms with van der Waals surface area (Å²) in [5, 5.41) is 13.0. The van der Waals surface area contributed by atoms with Crippen molar-refractivity contribution in [1.29, 1.82) is 0 Å². The molecule has 2 N–H and O–H groups in total. The average Bonchev–Trinajstić information content (AvgIpc) is 3.50. The van der Waals surface area contributed by atoms with Crippen LogP contribution in [0.2, 0.25) is 0 Å². The Morgan fingerprint density at radius 2 is 1.91 bits per heavy atom. The molecule has 0 fully saturated rings. The minimum Gasteiger partial charge on any atom is -0.357 e. The number of nitrogens with one attached hydrogen (secondary N) is 2. The second-order valence-corrected chi connectivity index (χ2v) is 7.78. The number of allylic oxidation sites excluding steroid dienone is 2. The Morgan fingerprint density at radius 1 is 1.09 bits per heavy atom. The Balaban J connectivity index is 1.60. The zero-order valence-electron chi connectivity index (χ0n) is 17.9. The van der Waals surface area contributed by atoms with Crippen LogP contribution in [-0.2, 0) is 7.05 Å². The normalized spacial score (nSPS) is 11.9. The molecule has 6 heteroatoms. The highest BCUT2D eigenvalue weighted by molar-refractivity contribution is 5.96. The molecule has 0 saturated carbocycles. The number of H-pyrrole nitrogens is 2. The number of nitrogens with zero attached hydrogens (tertiary/aromatic N) is 3. The van der Waals surface area contributed by atoms with Crippen molar-refractivity contribution in [2.45, 2.75) is 6.92 Å². The molecule has 2 aromatic carbocycles. The van der Waals surface area contributed by atoms with Gasteiger partial charge >= 0.3 is 0 Å². The molecule has 0 saturated heterocycles. The van der Waals surface area contributed by atoms with Crippen molar-refractivity contribution in [2.24, 2.45) is 7.05 Å². The molecule has 5 rings (SSSR count). The minimum absolute atomic E-state index is 0.259. The van der Waals surface area contributed by atoms with Gasteiger partial charge in [-0.25, -0.2) is 4.39 Å². The van der Waals surface area contributed by atoms with Crippen molar-refractivity contribution >= 4 is 16.5 Å². The van der Waals surface area contributed by atoms with Gasteiger partial charge < -0.3 is 4.98 Å². The summed E-state index contributed by atoms with van der Waals surface area (Å²) in [5.74, 6) is -0.259. The molecule has 0 atom stereocenters. The van der Waals surface area contributed by atoms with Crippen LogP contribution in [0.3, 0.4) is 0 Å². The van der Waals surface area contributed by atoms with E-state index >= 15 is 0 Å². The van der Waals surface area contributed by atoms with Gasteiger partial charge in [0.25, 0.3) is 0 Å². The Morgan fingerprint density at radius 3 is 2.62 bits per heavy atom. The maximum Gasteiger partial charge on any atom is 0.123 e. The Bertz CT molecular complexity index is 1460. The van der Waals surface area contributed by atoms with Gasteiger partial charge in [0, 0.05) is 35.5 Å². The quantitative estimate of drug-likeness (QED) is 0.339. The van der Waals surface area contributed by atoms with E-state index in [0.717, 1.165) is 55.8 Å². The molecule has 3 aromatic heterocycles. The lowest BCUT2D eigenvalue weighted by Crippen LogP contribution is -1.89. The molecule has 0 bridgehead atoms. The first kappa shape index (κ1) is 19.8. The van der Waals surface area contributed by atoms with Crippen LogP contribution in [0.25, 0.3) is 39.0 Å². The molecule has 5 aromatic rings. The van der Waals surface area contributed by atoms with Crippen LogP contribution in [0.1, 0.15) is 16.8 Å². The lowest BCUT2D eigenvalue weighted by molar-refractivity contribution is 0.627. The molecule has 5 nitrogen and oxygen atoms in total. The predicted molar refractivity (Wildman–Crippen MR) is 126 cm³/mol. The van der Waals surface area contributed by atoms with E-state index < -0.39 is 0 Å². The molecule has 0 radical (unpaired) electrons. The van der Waals surface area contributed by atoms with Crippen molar-refractivity contribution in [2.75, 3.05) is 0 Å². The lowest BCUT2D eigenvalue weighted by Gasteiger charge is -2.07. The number of halogens is 1. The number of aromatic nitrogens is 5. The highest BCUT2D eigenvalue weighted by Gasteiger charge is 2.16. The van der Waals surface area contributed by atoms with E-state index in [9.17, 15) is 4.39 Å². The minimum atomic E-state index is -0.259. The van der Waals surface area contributed by atoms with Crippen LogP contribution in [0.5, 0.6) is 0 Å². The maximum atomic E-state index is 13.4.